The lowest BCUT2D eigenvalue weighted by Crippen LogP contribution is -2.49. The molecule has 0 saturated carbocycles. The number of rotatable bonds is 4. The third-order valence-corrected chi connectivity index (χ3v) is 4.67. The van der Waals surface area contributed by atoms with Crippen LogP contribution in [0, 0.1) is 0 Å². The van der Waals surface area contributed by atoms with Crippen LogP contribution in [0.3, 0.4) is 0 Å². The molecule has 9 heteroatoms. The molecule has 3 heterocycles. The molecule has 1 N–H and O–H groups in total. The van der Waals surface area contributed by atoms with Gasteiger partial charge in [-0.1, -0.05) is 11.6 Å². The van der Waals surface area contributed by atoms with Gasteiger partial charge in [0.15, 0.2) is 5.82 Å². The Hall–Kier alpha value is -2.45. The first kappa shape index (κ1) is 18.3. The van der Waals surface area contributed by atoms with Crippen molar-refractivity contribution in [1.82, 2.24) is 24.8 Å². The number of likely N-dealkylation sites (N-methyl/N-ethyl adjacent to an activating group) is 1. The van der Waals surface area contributed by atoms with E-state index in [0.717, 1.165) is 5.56 Å². The van der Waals surface area contributed by atoms with Gasteiger partial charge in [0.2, 0.25) is 5.91 Å². The van der Waals surface area contributed by atoms with E-state index in [4.69, 9.17) is 11.6 Å². The van der Waals surface area contributed by atoms with Gasteiger partial charge in [0.25, 0.3) is 5.56 Å². The van der Waals surface area contributed by atoms with Crippen molar-refractivity contribution in [3.63, 3.8) is 0 Å². The maximum absolute atomic E-state index is 12.2. The summed E-state index contributed by atoms with van der Waals surface area (Å²) in [6.07, 6.45) is 3.29. The molecule has 138 valence electrons. The van der Waals surface area contributed by atoms with E-state index in [9.17, 15) is 9.59 Å². The Morgan fingerprint density at radius 2 is 1.88 bits per heavy atom. The quantitative estimate of drug-likeness (QED) is 0.845. The van der Waals surface area contributed by atoms with Crippen LogP contribution in [0.4, 0.5) is 5.82 Å². The molecule has 0 atom stereocenters. The largest absolute Gasteiger partial charge is 0.353 e. The highest BCUT2D eigenvalue weighted by Gasteiger charge is 2.23. The molecule has 0 spiro atoms. The average Bonchev–Trinajstić information content (AvgIpc) is 2.65. The monoisotopic (exact) mass is 376 g/mol. The normalized spacial score (nSPS) is 15.1. The van der Waals surface area contributed by atoms with Crippen LogP contribution < -0.4 is 10.5 Å². The molecule has 0 radical (unpaired) electrons. The number of amides is 1. The summed E-state index contributed by atoms with van der Waals surface area (Å²) >= 11 is 6.21. The molecule has 0 unspecified atom stereocenters. The highest BCUT2D eigenvalue weighted by Crippen LogP contribution is 2.24. The van der Waals surface area contributed by atoms with Crippen molar-refractivity contribution >= 4 is 23.3 Å². The maximum atomic E-state index is 12.2. The van der Waals surface area contributed by atoms with E-state index in [1.165, 1.54) is 0 Å². The summed E-state index contributed by atoms with van der Waals surface area (Å²) in [6.45, 7) is 3.09. The molecule has 3 rings (SSSR count). The van der Waals surface area contributed by atoms with Gasteiger partial charge in [0.05, 0.1) is 6.54 Å². The predicted octanol–water partition coefficient (Wildman–Crippen LogP) is 0.695. The van der Waals surface area contributed by atoms with E-state index in [0.29, 0.717) is 44.4 Å². The van der Waals surface area contributed by atoms with E-state index >= 15 is 0 Å². The minimum absolute atomic E-state index is 0.0748. The van der Waals surface area contributed by atoms with Gasteiger partial charge in [-0.3, -0.25) is 19.5 Å². The van der Waals surface area contributed by atoms with E-state index in [-0.39, 0.29) is 16.5 Å². The second-order valence-corrected chi connectivity index (χ2v) is 6.72. The van der Waals surface area contributed by atoms with Gasteiger partial charge in [-0.15, -0.1) is 0 Å². The predicted molar refractivity (Wildman–Crippen MR) is 100 cm³/mol. The maximum Gasteiger partial charge on any atom is 0.272 e. The fourth-order valence-corrected chi connectivity index (χ4v) is 2.96. The van der Waals surface area contributed by atoms with Crippen molar-refractivity contribution in [2.45, 2.75) is 0 Å². The van der Waals surface area contributed by atoms with Crippen LogP contribution in [0.5, 0.6) is 0 Å². The van der Waals surface area contributed by atoms with Crippen molar-refractivity contribution < 1.29 is 4.79 Å². The van der Waals surface area contributed by atoms with Gasteiger partial charge < -0.3 is 14.8 Å². The fraction of sp³-hybridized carbons (Fsp3) is 0.412. The van der Waals surface area contributed by atoms with Crippen LogP contribution in [0.15, 0.2) is 29.3 Å². The number of H-pyrrole nitrogens is 1. The highest BCUT2D eigenvalue weighted by atomic mass is 35.5. The number of hydrogen-bond acceptors (Lipinski definition) is 6. The van der Waals surface area contributed by atoms with Crippen molar-refractivity contribution in [3.05, 3.63) is 39.9 Å². The number of aromatic amines is 1. The average molecular weight is 377 g/mol. The Bertz CT molecular complexity index is 831. The first-order chi connectivity index (χ1) is 12.5. The Kier molecular flexibility index (Phi) is 5.53. The topological polar surface area (TPSA) is 85.4 Å². The van der Waals surface area contributed by atoms with Crippen LogP contribution in [0.1, 0.15) is 0 Å². The second kappa shape index (κ2) is 7.84. The molecule has 8 nitrogen and oxygen atoms in total. The number of pyridine rings is 1. The molecular weight excluding hydrogens is 356 g/mol. The van der Waals surface area contributed by atoms with E-state index in [2.05, 4.69) is 19.9 Å². The Labute approximate surface area is 156 Å². The van der Waals surface area contributed by atoms with Crippen molar-refractivity contribution in [2.24, 2.45) is 0 Å². The Balaban J connectivity index is 1.77. The van der Waals surface area contributed by atoms with Crippen LogP contribution in [-0.2, 0) is 4.79 Å². The smallest absolute Gasteiger partial charge is 0.272 e. The summed E-state index contributed by atoms with van der Waals surface area (Å²) in [5.74, 6) is 1.01. The van der Waals surface area contributed by atoms with Gasteiger partial charge in [0, 0.05) is 58.2 Å². The number of carbonyl (C=O) groups is 1. The lowest BCUT2D eigenvalue weighted by molar-refractivity contribution is -0.129. The van der Waals surface area contributed by atoms with E-state index in [1.807, 2.05) is 4.90 Å². The molecule has 1 fully saturated rings. The molecule has 1 aliphatic heterocycles. The first-order valence-corrected chi connectivity index (χ1v) is 8.71. The molecule has 0 aliphatic carbocycles. The van der Waals surface area contributed by atoms with Crippen LogP contribution >= 0.6 is 11.6 Å². The summed E-state index contributed by atoms with van der Waals surface area (Å²) in [7, 11) is 3.50. The molecule has 1 amide bonds. The summed E-state index contributed by atoms with van der Waals surface area (Å²) in [5.41, 5.74) is 0.402. The minimum atomic E-state index is -0.367. The fourth-order valence-electron chi connectivity index (χ4n) is 2.75. The third kappa shape index (κ3) is 4.03. The number of carbonyl (C=O) groups excluding carboxylic acids is 1. The number of hydrogen-bond donors (Lipinski definition) is 1. The number of nitrogens with zero attached hydrogens (tertiary/aromatic N) is 5. The molecule has 0 bridgehead atoms. The Morgan fingerprint density at radius 1 is 1.23 bits per heavy atom. The van der Waals surface area contributed by atoms with Gasteiger partial charge >= 0.3 is 0 Å². The zero-order valence-electron chi connectivity index (χ0n) is 14.8. The van der Waals surface area contributed by atoms with Crippen LogP contribution in [0.2, 0.25) is 5.02 Å². The lowest BCUT2D eigenvalue weighted by atomic mass is 10.2. The number of nitrogens with one attached hydrogen (secondary N) is 1. The van der Waals surface area contributed by atoms with Crippen LogP contribution in [0.25, 0.3) is 11.4 Å². The molecule has 2 aromatic heterocycles. The molecule has 26 heavy (non-hydrogen) atoms. The zero-order chi connectivity index (χ0) is 18.7. The Morgan fingerprint density at radius 3 is 2.50 bits per heavy atom. The molecule has 1 saturated heterocycles. The first-order valence-electron chi connectivity index (χ1n) is 8.33. The van der Waals surface area contributed by atoms with Gasteiger partial charge in [-0.2, -0.15) is 0 Å². The molecule has 1 aliphatic rings. The van der Waals surface area contributed by atoms with Gasteiger partial charge in [-0.05, 0) is 12.1 Å². The van der Waals surface area contributed by atoms with Gasteiger partial charge in [-0.25, -0.2) is 4.98 Å². The number of anilines is 1. The third-order valence-electron chi connectivity index (χ3n) is 4.33. The number of halogens is 1. The van der Waals surface area contributed by atoms with Crippen molar-refractivity contribution in [3.8, 4) is 11.4 Å². The van der Waals surface area contributed by atoms with Crippen LogP contribution in [-0.4, -0.2) is 77.5 Å². The SMILES string of the molecule is CN(C)C(=O)CN1CCN(c2nc(-c3ccncc3)[nH]c(=O)c2Cl)CC1. The second-order valence-electron chi connectivity index (χ2n) is 6.34. The number of aromatic nitrogens is 3. The van der Waals surface area contributed by atoms with E-state index < -0.39 is 0 Å². The summed E-state index contributed by atoms with van der Waals surface area (Å²) < 4.78 is 0. The highest BCUT2D eigenvalue weighted by molar-refractivity contribution is 6.32. The summed E-state index contributed by atoms with van der Waals surface area (Å²) in [5, 5.41) is 0.0839. The standard InChI is InChI=1S/C17H21ClN6O2/c1-22(2)13(25)11-23-7-9-24(10-8-23)16-14(18)17(26)21-15(20-16)12-3-5-19-6-4-12/h3-6H,7-11H2,1-2H3,(H,20,21,26). The van der Waals surface area contributed by atoms with Crippen molar-refractivity contribution in [1.29, 1.82) is 0 Å². The molecular formula is C17H21ClN6O2. The molecule has 2 aromatic rings. The summed E-state index contributed by atoms with van der Waals surface area (Å²) in [6, 6.07) is 3.56. The van der Waals surface area contributed by atoms with E-state index in [1.54, 1.807) is 43.5 Å². The lowest BCUT2D eigenvalue weighted by Gasteiger charge is -2.35. The minimum Gasteiger partial charge on any atom is -0.353 e. The van der Waals surface area contributed by atoms with Gasteiger partial charge in [0.1, 0.15) is 10.8 Å². The van der Waals surface area contributed by atoms with Crippen molar-refractivity contribution in [2.75, 3.05) is 51.7 Å². The zero-order valence-corrected chi connectivity index (χ0v) is 15.5. The number of piperazine rings is 1. The molecule has 0 aromatic carbocycles. The summed E-state index contributed by atoms with van der Waals surface area (Å²) in [4.78, 5) is 41.0.